The Bertz CT molecular complexity index is 475. The minimum Gasteiger partial charge on any atom is -0.356 e. The average Bonchev–Trinajstić information content (AvgIpc) is 2.87. The third-order valence-corrected chi connectivity index (χ3v) is 4.54. The van der Waals surface area contributed by atoms with E-state index >= 15 is 0 Å². The van der Waals surface area contributed by atoms with Gasteiger partial charge in [0.1, 0.15) is 0 Å². The molecule has 0 amide bonds. The van der Waals surface area contributed by atoms with Crippen molar-refractivity contribution in [3.05, 3.63) is 29.6 Å². The van der Waals surface area contributed by atoms with Crippen LogP contribution in [0.3, 0.4) is 0 Å². The maximum atomic E-state index is 4.33. The molecule has 0 bridgehead atoms. The van der Waals surface area contributed by atoms with Crippen molar-refractivity contribution < 1.29 is 0 Å². The Morgan fingerprint density at radius 3 is 2.54 bits per heavy atom. The molecule has 2 rings (SSSR count). The zero-order chi connectivity index (χ0) is 17.0. The Morgan fingerprint density at radius 2 is 1.88 bits per heavy atom. The van der Waals surface area contributed by atoms with E-state index < -0.39 is 0 Å². The third kappa shape index (κ3) is 7.30. The maximum Gasteiger partial charge on any atom is 0.190 e. The van der Waals surface area contributed by atoms with Crippen molar-refractivity contribution in [2.45, 2.75) is 45.4 Å². The van der Waals surface area contributed by atoms with Crippen LogP contribution in [0.15, 0.2) is 23.3 Å². The number of aromatic nitrogens is 1. The fourth-order valence-corrected chi connectivity index (χ4v) is 3.06. The average molecular weight is 332 g/mol. The SMILES string of the molecule is CN=C(NCCCN1CCCCCC1)NCCc1ccc(C)nc1. The maximum absolute atomic E-state index is 4.33. The largest absolute Gasteiger partial charge is 0.356 e. The van der Waals surface area contributed by atoms with Gasteiger partial charge in [0.2, 0.25) is 0 Å². The molecule has 0 aliphatic carbocycles. The summed E-state index contributed by atoms with van der Waals surface area (Å²) in [5.74, 6) is 0.894. The first kappa shape index (κ1) is 18.7. The van der Waals surface area contributed by atoms with E-state index in [-0.39, 0.29) is 0 Å². The molecule has 5 nitrogen and oxygen atoms in total. The van der Waals surface area contributed by atoms with Crippen LogP contribution in [0.2, 0.25) is 0 Å². The van der Waals surface area contributed by atoms with E-state index in [1.54, 1.807) is 0 Å². The number of pyridine rings is 1. The van der Waals surface area contributed by atoms with Gasteiger partial charge in [-0.3, -0.25) is 9.98 Å². The highest BCUT2D eigenvalue weighted by Gasteiger charge is 2.08. The minimum atomic E-state index is 0.872. The molecule has 0 unspecified atom stereocenters. The molecule has 1 aromatic heterocycles. The molecule has 0 atom stereocenters. The van der Waals surface area contributed by atoms with Crippen molar-refractivity contribution in [2.75, 3.05) is 39.8 Å². The van der Waals surface area contributed by atoms with Crippen molar-refractivity contribution in [1.29, 1.82) is 0 Å². The molecule has 0 spiro atoms. The second kappa shape index (κ2) is 11.0. The number of aliphatic imine (C=N–C) groups is 1. The molecular formula is C19H33N5. The van der Waals surface area contributed by atoms with Crippen LogP contribution in [0, 0.1) is 6.92 Å². The zero-order valence-corrected chi connectivity index (χ0v) is 15.4. The fourth-order valence-electron chi connectivity index (χ4n) is 3.06. The molecule has 1 aliphatic heterocycles. The number of likely N-dealkylation sites (tertiary alicyclic amines) is 1. The summed E-state index contributed by atoms with van der Waals surface area (Å²) < 4.78 is 0. The summed E-state index contributed by atoms with van der Waals surface area (Å²) in [4.78, 5) is 11.2. The predicted molar refractivity (Wildman–Crippen MR) is 102 cm³/mol. The summed E-state index contributed by atoms with van der Waals surface area (Å²) in [5, 5.41) is 6.80. The lowest BCUT2D eigenvalue weighted by Gasteiger charge is -2.20. The summed E-state index contributed by atoms with van der Waals surface area (Å²) in [6, 6.07) is 4.20. The molecule has 1 saturated heterocycles. The first-order valence-electron chi connectivity index (χ1n) is 9.36. The molecule has 0 saturated carbocycles. The normalized spacial score (nSPS) is 16.7. The highest BCUT2D eigenvalue weighted by atomic mass is 15.2. The molecule has 1 aliphatic rings. The van der Waals surface area contributed by atoms with Gasteiger partial charge in [-0.25, -0.2) is 0 Å². The first-order chi connectivity index (χ1) is 11.8. The van der Waals surface area contributed by atoms with E-state index in [1.807, 2.05) is 20.2 Å². The van der Waals surface area contributed by atoms with Crippen LogP contribution in [0.25, 0.3) is 0 Å². The van der Waals surface area contributed by atoms with Gasteiger partial charge in [0.05, 0.1) is 0 Å². The predicted octanol–water partition coefficient (Wildman–Crippen LogP) is 2.36. The minimum absolute atomic E-state index is 0.872. The Morgan fingerprint density at radius 1 is 1.12 bits per heavy atom. The van der Waals surface area contributed by atoms with Crippen LogP contribution in [0.4, 0.5) is 0 Å². The second-order valence-electron chi connectivity index (χ2n) is 6.59. The lowest BCUT2D eigenvalue weighted by Crippen LogP contribution is -2.39. The molecule has 1 aromatic rings. The molecule has 134 valence electrons. The topological polar surface area (TPSA) is 52.6 Å². The van der Waals surface area contributed by atoms with E-state index in [9.17, 15) is 0 Å². The molecule has 5 heteroatoms. The summed E-state index contributed by atoms with van der Waals surface area (Å²) in [7, 11) is 1.83. The summed E-state index contributed by atoms with van der Waals surface area (Å²) >= 11 is 0. The number of nitrogens with one attached hydrogen (secondary N) is 2. The van der Waals surface area contributed by atoms with Gasteiger partial charge in [-0.15, -0.1) is 0 Å². The Kier molecular flexibility index (Phi) is 8.60. The molecule has 0 aromatic carbocycles. The van der Waals surface area contributed by atoms with Gasteiger partial charge >= 0.3 is 0 Å². The molecule has 2 N–H and O–H groups in total. The van der Waals surface area contributed by atoms with Gasteiger partial charge in [0, 0.05) is 32.0 Å². The van der Waals surface area contributed by atoms with E-state index in [4.69, 9.17) is 0 Å². The smallest absolute Gasteiger partial charge is 0.190 e. The Labute approximate surface area is 147 Å². The number of nitrogens with zero attached hydrogens (tertiary/aromatic N) is 3. The van der Waals surface area contributed by atoms with Gasteiger partial charge in [-0.1, -0.05) is 18.9 Å². The van der Waals surface area contributed by atoms with Crippen molar-refractivity contribution >= 4 is 5.96 Å². The quantitative estimate of drug-likeness (QED) is 0.457. The van der Waals surface area contributed by atoms with Gasteiger partial charge in [0.15, 0.2) is 5.96 Å². The van der Waals surface area contributed by atoms with E-state index in [2.05, 4.69) is 37.6 Å². The molecule has 24 heavy (non-hydrogen) atoms. The number of aryl methyl sites for hydroxylation is 1. The van der Waals surface area contributed by atoms with Crippen LogP contribution in [-0.4, -0.2) is 55.6 Å². The lowest BCUT2D eigenvalue weighted by atomic mass is 10.2. The third-order valence-electron chi connectivity index (χ3n) is 4.54. The summed E-state index contributed by atoms with van der Waals surface area (Å²) in [6.07, 6.45) is 9.62. The molecule has 1 fully saturated rings. The monoisotopic (exact) mass is 331 g/mol. The Balaban J connectivity index is 1.57. The lowest BCUT2D eigenvalue weighted by molar-refractivity contribution is 0.282. The van der Waals surface area contributed by atoms with Gasteiger partial charge in [-0.05, 0) is 63.9 Å². The molecule has 2 heterocycles. The summed E-state index contributed by atoms with van der Waals surface area (Å²) in [6.45, 7) is 7.60. The first-order valence-corrected chi connectivity index (χ1v) is 9.36. The van der Waals surface area contributed by atoms with Crippen LogP contribution in [0.1, 0.15) is 43.4 Å². The highest BCUT2D eigenvalue weighted by molar-refractivity contribution is 5.79. The van der Waals surface area contributed by atoms with Gasteiger partial charge in [0.25, 0.3) is 0 Å². The highest BCUT2D eigenvalue weighted by Crippen LogP contribution is 2.09. The van der Waals surface area contributed by atoms with Gasteiger partial charge < -0.3 is 15.5 Å². The van der Waals surface area contributed by atoms with Gasteiger partial charge in [-0.2, -0.15) is 0 Å². The fraction of sp³-hybridized carbons (Fsp3) is 0.684. The summed E-state index contributed by atoms with van der Waals surface area (Å²) in [5.41, 5.74) is 2.32. The van der Waals surface area contributed by atoms with E-state index in [0.717, 1.165) is 31.2 Å². The number of hydrogen-bond acceptors (Lipinski definition) is 3. The van der Waals surface area contributed by atoms with Crippen molar-refractivity contribution in [2.24, 2.45) is 4.99 Å². The number of rotatable bonds is 7. The number of guanidine groups is 1. The van der Waals surface area contributed by atoms with Crippen LogP contribution < -0.4 is 10.6 Å². The second-order valence-corrected chi connectivity index (χ2v) is 6.59. The van der Waals surface area contributed by atoms with Crippen LogP contribution >= 0.6 is 0 Å². The van der Waals surface area contributed by atoms with E-state index in [1.165, 1.54) is 57.3 Å². The van der Waals surface area contributed by atoms with E-state index in [0.29, 0.717) is 0 Å². The van der Waals surface area contributed by atoms with Crippen LogP contribution in [0.5, 0.6) is 0 Å². The van der Waals surface area contributed by atoms with Crippen molar-refractivity contribution in [1.82, 2.24) is 20.5 Å². The molecule has 0 radical (unpaired) electrons. The molecular weight excluding hydrogens is 298 g/mol. The van der Waals surface area contributed by atoms with Crippen LogP contribution in [-0.2, 0) is 6.42 Å². The number of hydrogen-bond donors (Lipinski definition) is 2. The standard InChI is InChI=1S/C19H33N5/c1-17-8-9-18(16-23-17)10-12-22-19(20-2)21-11-7-15-24-13-5-3-4-6-14-24/h8-9,16H,3-7,10-15H2,1-2H3,(H2,20,21,22). The Hall–Kier alpha value is -1.62. The van der Waals surface area contributed by atoms with Crippen molar-refractivity contribution in [3.8, 4) is 0 Å². The zero-order valence-electron chi connectivity index (χ0n) is 15.4. The van der Waals surface area contributed by atoms with Crippen molar-refractivity contribution in [3.63, 3.8) is 0 Å².